The molecule has 1 aromatic carbocycles. The molecular weight excluding hydrogens is 410 g/mol. The quantitative estimate of drug-likeness (QED) is 0.499. The lowest BCUT2D eigenvalue weighted by Gasteiger charge is -2.31. The third kappa shape index (κ3) is 6.56. The van der Waals surface area contributed by atoms with E-state index in [-0.39, 0.29) is 24.6 Å². The normalized spacial score (nSPS) is 20.2. The van der Waals surface area contributed by atoms with E-state index in [1.165, 1.54) is 0 Å². The van der Waals surface area contributed by atoms with Crippen LogP contribution >= 0.6 is 0 Å². The summed E-state index contributed by atoms with van der Waals surface area (Å²) in [4.78, 5) is 28.4. The lowest BCUT2D eigenvalue weighted by Crippen LogP contribution is -2.50. The van der Waals surface area contributed by atoms with Crippen LogP contribution in [-0.4, -0.2) is 46.9 Å². The molecule has 0 radical (unpaired) electrons. The van der Waals surface area contributed by atoms with Crippen molar-refractivity contribution in [3.05, 3.63) is 72.1 Å². The number of nitrogens with zero attached hydrogens (tertiary/aromatic N) is 1. The van der Waals surface area contributed by atoms with Crippen molar-refractivity contribution in [1.82, 2.24) is 15.6 Å². The van der Waals surface area contributed by atoms with Crippen molar-refractivity contribution in [3.8, 4) is 0 Å². The summed E-state index contributed by atoms with van der Waals surface area (Å²) >= 11 is 0. The van der Waals surface area contributed by atoms with Crippen LogP contribution in [0.1, 0.15) is 12.1 Å². The number of aliphatic hydroxyl groups is 1. The molecule has 3 atom stereocenters. The maximum absolute atomic E-state index is 13.7. The van der Waals surface area contributed by atoms with Gasteiger partial charge in [0.15, 0.2) is 0 Å². The Hall–Kier alpha value is -3.37. The second kappa shape index (κ2) is 10.6. The molecule has 1 aliphatic heterocycles. The molecule has 31 heavy (non-hydrogen) atoms. The van der Waals surface area contributed by atoms with E-state index >= 15 is 0 Å². The van der Waals surface area contributed by atoms with Gasteiger partial charge in [0.25, 0.3) is 0 Å². The second-order valence-electron chi connectivity index (χ2n) is 6.83. The minimum absolute atomic E-state index is 0.0211. The first-order valence-corrected chi connectivity index (χ1v) is 9.58. The highest BCUT2D eigenvalue weighted by Gasteiger charge is 2.29. The Bertz CT molecular complexity index is 942. The molecule has 0 spiro atoms. The third-order valence-corrected chi connectivity index (χ3v) is 4.52. The average molecular weight is 432 g/mol. The smallest absolute Gasteiger partial charge is 0.319 e. The Labute approximate surface area is 177 Å². The Morgan fingerprint density at radius 2 is 2.00 bits per heavy atom. The topological polar surface area (TPSA) is 113 Å². The monoisotopic (exact) mass is 432 g/mol. The molecule has 0 bridgehead atoms. The van der Waals surface area contributed by atoms with Crippen LogP contribution < -0.4 is 16.0 Å². The van der Waals surface area contributed by atoms with Crippen LogP contribution in [0, 0.1) is 11.6 Å². The highest BCUT2D eigenvalue weighted by atomic mass is 19.1. The number of aliphatic hydroxyl groups excluding tert-OH is 1. The number of hydrogen-bond acceptors (Lipinski definition) is 5. The molecule has 1 aromatic heterocycles. The molecule has 10 heteroatoms. The number of urea groups is 1. The molecule has 1 aliphatic rings. The highest BCUT2D eigenvalue weighted by molar-refractivity contribution is 5.89. The van der Waals surface area contributed by atoms with Crippen LogP contribution in [0.3, 0.4) is 0 Å². The van der Waals surface area contributed by atoms with Gasteiger partial charge in [-0.05, 0) is 24.3 Å². The average Bonchev–Trinajstić information content (AvgIpc) is 2.76. The molecule has 0 unspecified atom stereocenters. The molecule has 0 saturated carbocycles. The van der Waals surface area contributed by atoms with Crippen molar-refractivity contribution in [2.45, 2.75) is 31.2 Å². The Morgan fingerprint density at radius 3 is 2.74 bits per heavy atom. The number of benzene rings is 1. The fourth-order valence-corrected chi connectivity index (χ4v) is 2.99. The Balaban J connectivity index is 1.51. The summed E-state index contributed by atoms with van der Waals surface area (Å²) in [5.41, 5.74) is 0.399. The summed E-state index contributed by atoms with van der Waals surface area (Å²) in [6.45, 7) is -0.143. The number of nitrogens with one attached hydrogen (secondary N) is 3. The predicted molar refractivity (Wildman–Crippen MR) is 108 cm³/mol. The van der Waals surface area contributed by atoms with E-state index in [9.17, 15) is 23.5 Å². The SMILES string of the molecule is O=C(C[C@H]1C=C[C@H](NC(=O)Nc2cc(F)ccc2F)[C@H](CO)O1)NCc1ccccn1. The van der Waals surface area contributed by atoms with Crippen molar-refractivity contribution in [3.63, 3.8) is 0 Å². The number of carbonyl (C=O) groups excluding carboxylic acids is 2. The van der Waals surface area contributed by atoms with Gasteiger partial charge in [-0.25, -0.2) is 13.6 Å². The van der Waals surface area contributed by atoms with Crippen LogP contribution in [0.5, 0.6) is 0 Å². The number of carbonyl (C=O) groups is 2. The van der Waals surface area contributed by atoms with Crippen LogP contribution in [0.25, 0.3) is 0 Å². The van der Waals surface area contributed by atoms with Crippen LogP contribution in [0.2, 0.25) is 0 Å². The number of pyridine rings is 1. The zero-order valence-corrected chi connectivity index (χ0v) is 16.4. The molecule has 3 amide bonds. The molecule has 3 rings (SSSR count). The number of hydrogen-bond donors (Lipinski definition) is 4. The van der Waals surface area contributed by atoms with Gasteiger partial charge < -0.3 is 25.8 Å². The van der Waals surface area contributed by atoms with Crippen molar-refractivity contribution >= 4 is 17.6 Å². The van der Waals surface area contributed by atoms with Crippen molar-refractivity contribution in [2.24, 2.45) is 0 Å². The predicted octanol–water partition coefficient (Wildman–Crippen LogP) is 1.87. The maximum atomic E-state index is 13.7. The molecule has 2 aromatic rings. The van der Waals surface area contributed by atoms with Crippen molar-refractivity contribution in [2.75, 3.05) is 11.9 Å². The molecule has 2 heterocycles. The zero-order valence-electron chi connectivity index (χ0n) is 16.4. The maximum Gasteiger partial charge on any atom is 0.319 e. The minimum atomic E-state index is -0.818. The molecule has 0 aliphatic carbocycles. The van der Waals surface area contributed by atoms with Gasteiger partial charge in [-0.3, -0.25) is 9.78 Å². The van der Waals surface area contributed by atoms with Gasteiger partial charge in [0.2, 0.25) is 5.91 Å². The lowest BCUT2D eigenvalue weighted by molar-refractivity contribution is -0.125. The molecule has 0 saturated heterocycles. The summed E-state index contributed by atoms with van der Waals surface area (Å²) in [5, 5.41) is 17.1. The van der Waals surface area contributed by atoms with Gasteiger partial charge in [-0.15, -0.1) is 0 Å². The number of ether oxygens (including phenoxy) is 1. The van der Waals surface area contributed by atoms with E-state index in [4.69, 9.17) is 4.74 Å². The largest absolute Gasteiger partial charge is 0.394 e. The fourth-order valence-electron chi connectivity index (χ4n) is 2.99. The third-order valence-electron chi connectivity index (χ3n) is 4.52. The van der Waals surface area contributed by atoms with Crippen molar-refractivity contribution in [1.29, 1.82) is 0 Å². The molecular formula is C21H22F2N4O4. The van der Waals surface area contributed by atoms with Gasteiger partial charge in [-0.1, -0.05) is 18.2 Å². The molecule has 164 valence electrons. The first-order valence-electron chi connectivity index (χ1n) is 9.58. The van der Waals surface area contributed by atoms with E-state index in [1.807, 2.05) is 6.07 Å². The van der Waals surface area contributed by atoms with Gasteiger partial charge in [0.05, 0.1) is 43.1 Å². The van der Waals surface area contributed by atoms with E-state index < -0.39 is 42.5 Å². The number of amides is 3. The first kappa shape index (κ1) is 22.3. The highest BCUT2D eigenvalue weighted by Crippen LogP contribution is 2.18. The summed E-state index contributed by atoms with van der Waals surface area (Å²) in [6, 6.07) is 6.54. The minimum Gasteiger partial charge on any atom is -0.394 e. The van der Waals surface area contributed by atoms with Crippen LogP contribution in [0.4, 0.5) is 19.3 Å². The van der Waals surface area contributed by atoms with Gasteiger partial charge in [-0.2, -0.15) is 0 Å². The van der Waals surface area contributed by atoms with Crippen LogP contribution in [-0.2, 0) is 16.1 Å². The molecule has 0 fully saturated rings. The number of rotatable bonds is 7. The summed E-state index contributed by atoms with van der Waals surface area (Å²) in [6.07, 6.45) is 3.42. The van der Waals surface area contributed by atoms with E-state index in [2.05, 4.69) is 20.9 Å². The number of anilines is 1. The van der Waals surface area contributed by atoms with E-state index in [0.29, 0.717) is 5.69 Å². The van der Waals surface area contributed by atoms with Gasteiger partial charge >= 0.3 is 6.03 Å². The Kier molecular flexibility index (Phi) is 7.63. The lowest BCUT2D eigenvalue weighted by atomic mass is 10.0. The van der Waals surface area contributed by atoms with Crippen LogP contribution in [0.15, 0.2) is 54.7 Å². The van der Waals surface area contributed by atoms with E-state index in [0.717, 1.165) is 18.2 Å². The fraction of sp³-hybridized carbons (Fsp3) is 0.286. The van der Waals surface area contributed by atoms with Crippen molar-refractivity contribution < 1.29 is 28.2 Å². The number of halogens is 2. The Morgan fingerprint density at radius 1 is 1.16 bits per heavy atom. The summed E-state index contributed by atoms with van der Waals surface area (Å²) in [7, 11) is 0. The standard InChI is InChI=1S/C21H22F2N4O4/c22-13-4-6-16(23)18(9-13)27-21(30)26-17-7-5-15(31-19(17)12-28)10-20(29)25-11-14-3-1-2-8-24-14/h1-9,15,17,19,28H,10-12H2,(H,25,29)(H2,26,27,30)/t15-,17+,19+/m1/s1. The molecule has 8 nitrogen and oxygen atoms in total. The first-order chi connectivity index (χ1) is 14.9. The van der Waals surface area contributed by atoms with Gasteiger partial charge in [0, 0.05) is 12.3 Å². The molecule has 4 N–H and O–H groups in total. The van der Waals surface area contributed by atoms with Gasteiger partial charge in [0.1, 0.15) is 17.7 Å². The van der Waals surface area contributed by atoms with E-state index in [1.54, 1.807) is 30.5 Å². The zero-order chi connectivity index (χ0) is 22.2. The summed E-state index contributed by atoms with van der Waals surface area (Å²) in [5.74, 6) is -1.75. The second-order valence-corrected chi connectivity index (χ2v) is 6.83. The number of aromatic nitrogens is 1. The summed E-state index contributed by atoms with van der Waals surface area (Å²) < 4.78 is 32.6.